The van der Waals surface area contributed by atoms with Crippen LogP contribution < -0.4 is 16.2 Å². The van der Waals surface area contributed by atoms with Crippen LogP contribution in [0.1, 0.15) is 40.0 Å². The molecule has 248 valence electrons. The number of esters is 1. The molecule has 0 bridgehead atoms. The van der Waals surface area contributed by atoms with Crippen LogP contribution in [-0.2, 0) is 43.3 Å². The number of aryl methyl sites for hydroxylation is 1. The number of hydrogen-bond acceptors (Lipinski definition) is 7. The second-order valence-electron chi connectivity index (χ2n) is 10.7. The van der Waals surface area contributed by atoms with Crippen LogP contribution in [0.2, 0.25) is 10.0 Å². The maximum absolute atomic E-state index is 13.6. The second-order valence-corrected chi connectivity index (χ2v) is 11.5. The van der Waals surface area contributed by atoms with E-state index >= 15 is 0 Å². The molecule has 2 amide bonds. The number of carbonyl (C=O) groups is 5. The Kier molecular flexibility index (Phi) is 12.6. The number of carboxylic acids is 1. The standard InChI is InChI=1S/C35H31Cl2N3O8/c36-25-12-7-13-26(37)33(25)35(47)48-21-29(41)28(19-32(44)45)39-31(43)20-40-24(18-23-10-5-2-6-11-23)15-16-27(34(40)46)38-30(42)17-14-22-8-3-1-4-9-22/h1-13,15-16,28H,14,17-21H2,(H,38,42)(H,39,43)(H,44,45)/t28-/m0/s1. The number of nitrogens with one attached hydrogen (secondary N) is 2. The van der Waals surface area contributed by atoms with Gasteiger partial charge in [0.1, 0.15) is 18.3 Å². The zero-order valence-corrected chi connectivity index (χ0v) is 27.0. The highest BCUT2D eigenvalue weighted by Crippen LogP contribution is 2.25. The minimum atomic E-state index is -1.60. The number of aliphatic carboxylic acids is 1. The molecule has 0 unspecified atom stereocenters. The summed E-state index contributed by atoms with van der Waals surface area (Å²) in [5.74, 6) is -4.60. The molecular weight excluding hydrogens is 661 g/mol. The van der Waals surface area contributed by atoms with Crippen LogP contribution in [0.15, 0.2) is 95.8 Å². The maximum Gasteiger partial charge on any atom is 0.341 e. The first kappa shape index (κ1) is 35.6. The van der Waals surface area contributed by atoms with Crippen LogP contribution in [0.25, 0.3) is 0 Å². The number of Topliss-reactive ketones (excluding diaryl/α,β-unsaturated/α-hetero) is 1. The van der Waals surface area contributed by atoms with Gasteiger partial charge >= 0.3 is 11.9 Å². The summed E-state index contributed by atoms with van der Waals surface area (Å²) in [6.45, 7) is -1.49. The molecule has 1 aromatic heterocycles. The summed E-state index contributed by atoms with van der Waals surface area (Å²) in [6.07, 6.45) is -0.00106. The van der Waals surface area contributed by atoms with Gasteiger partial charge in [-0.25, -0.2) is 4.79 Å². The molecule has 0 aliphatic rings. The van der Waals surface area contributed by atoms with E-state index < -0.39 is 60.7 Å². The van der Waals surface area contributed by atoms with Crippen LogP contribution in [0.4, 0.5) is 5.69 Å². The topological polar surface area (TPSA) is 161 Å². The van der Waals surface area contributed by atoms with Crippen molar-refractivity contribution in [2.45, 2.75) is 38.3 Å². The quantitative estimate of drug-likeness (QED) is 0.151. The predicted octanol–water partition coefficient (Wildman–Crippen LogP) is 4.70. The van der Waals surface area contributed by atoms with Gasteiger partial charge in [0.2, 0.25) is 11.8 Å². The molecule has 3 aromatic carbocycles. The van der Waals surface area contributed by atoms with Gasteiger partial charge in [-0.2, -0.15) is 0 Å². The van der Waals surface area contributed by atoms with E-state index in [0.29, 0.717) is 12.1 Å². The average Bonchev–Trinajstić information content (AvgIpc) is 3.06. The van der Waals surface area contributed by atoms with Gasteiger partial charge in [-0.3, -0.25) is 24.0 Å². The van der Waals surface area contributed by atoms with Gasteiger partial charge in [0, 0.05) is 18.5 Å². The van der Waals surface area contributed by atoms with Gasteiger partial charge in [-0.05, 0) is 41.8 Å². The van der Waals surface area contributed by atoms with E-state index in [2.05, 4.69) is 10.6 Å². The number of pyridine rings is 1. The molecule has 0 radical (unpaired) electrons. The van der Waals surface area contributed by atoms with E-state index in [1.807, 2.05) is 60.7 Å². The predicted molar refractivity (Wildman–Crippen MR) is 179 cm³/mol. The highest BCUT2D eigenvalue weighted by atomic mass is 35.5. The van der Waals surface area contributed by atoms with Gasteiger partial charge in [0.25, 0.3) is 5.56 Å². The number of carbonyl (C=O) groups excluding carboxylic acids is 4. The number of nitrogens with zero attached hydrogens (tertiary/aromatic N) is 1. The molecule has 0 fully saturated rings. The number of hydrogen-bond donors (Lipinski definition) is 3. The van der Waals surface area contributed by atoms with E-state index in [1.54, 1.807) is 6.07 Å². The third kappa shape index (κ3) is 10.1. The fourth-order valence-corrected chi connectivity index (χ4v) is 5.32. The first-order chi connectivity index (χ1) is 23.0. The normalized spacial score (nSPS) is 11.3. The third-order valence-corrected chi connectivity index (χ3v) is 7.80. The number of ketones is 1. The van der Waals surface area contributed by atoms with E-state index in [1.165, 1.54) is 24.3 Å². The van der Waals surface area contributed by atoms with Gasteiger partial charge in [-0.1, -0.05) is 89.9 Å². The minimum Gasteiger partial charge on any atom is -0.481 e. The van der Waals surface area contributed by atoms with Crippen molar-refractivity contribution in [1.29, 1.82) is 0 Å². The molecule has 0 aliphatic heterocycles. The number of rotatable bonds is 15. The van der Waals surface area contributed by atoms with Crippen molar-refractivity contribution in [3.8, 4) is 0 Å². The molecule has 4 rings (SSSR count). The monoisotopic (exact) mass is 691 g/mol. The number of ether oxygens (including phenoxy) is 1. The van der Waals surface area contributed by atoms with Crippen molar-refractivity contribution in [2.75, 3.05) is 11.9 Å². The van der Waals surface area contributed by atoms with E-state index in [4.69, 9.17) is 27.9 Å². The third-order valence-electron chi connectivity index (χ3n) is 7.17. The lowest BCUT2D eigenvalue weighted by Gasteiger charge is -2.19. The first-order valence-electron chi connectivity index (χ1n) is 14.8. The van der Waals surface area contributed by atoms with Crippen molar-refractivity contribution < 1.29 is 33.8 Å². The summed E-state index contributed by atoms with van der Waals surface area (Å²) in [5.41, 5.74) is 1.32. The van der Waals surface area contributed by atoms with E-state index in [-0.39, 0.29) is 34.1 Å². The Labute approximate surface area is 285 Å². The molecular formula is C35H31Cl2N3O8. The van der Waals surface area contributed by atoms with Crippen LogP contribution >= 0.6 is 23.2 Å². The highest BCUT2D eigenvalue weighted by molar-refractivity contribution is 6.39. The summed E-state index contributed by atoms with van der Waals surface area (Å²) in [4.78, 5) is 76.6. The number of anilines is 1. The average molecular weight is 693 g/mol. The Bertz CT molecular complexity index is 1840. The van der Waals surface area contributed by atoms with E-state index in [9.17, 15) is 33.9 Å². The molecule has 48 heavy (non-hydrogen) atoms. The summed E-state index contributed by atoms with van der Waals surface area (Å²) in [5, 5.41) is 14.3. The van der Waals surface area contributed by atoms with Gasteiger partial charge in [0.15, 0.2) is 12.4 Å². The lowest BCUT2D eigenvalue weighted by Crippen LogP contribution is -2.46. The van der Waals surface area contributed by atoms with Gasteiger partial charge in [0.05, 0.1) is 22.0 Å². The largest absolute Gasteiger partial charge is 0.481 e. The van der Waals surface area contributed by atoms with E-state index in [0.717, 1.165) is 15.7 Å². The molecule has 0 aliphatic carbocycles. The number of halogens is 2. The molecule has 11 nitrogen and oxygen atoms in total. The zero-order chi connectivity index (χ0) is 34.6. The minimum absolute atomic E-state index is 0.0123. The maximum atomic E-state index is 13.6. The summed E-state index contributed by atoms with van der Waals surface area (Å²) in [6, 6.07) is 24.3. The smallest absolute Gasteiger partial charge is 0.341 e. The van der Waals surface area contributed by atoms with Crippen LogP contribution in [0.3, 0.4) is 0 Å². The van der Waals surface area contributed by atoms with Crippen LogP contribution in [0.5, 0.6) is 0 Å². The lowest BCUT2D eigenvalue weighted by molar-refractivity contribution is -0.140. The molecule has 0 saturated carbocycles. The summed E-state index contributed by atoms with van der Waals surface area (Å²) >= 11 is 12.0. The summed E-state index contributed by atoms with van der Waals surface area (Å²) < 4.78 is 6.17. The molecule has 0 saturated heterocycles. The molecule has 1 atom stereocenters. The molecule has 13 heteroatoms. The van der Waals surface area contributed by atoms with Crippen molar-refractivity contribution in [3.05, 3.63) is 134 Å². The Hall–Kier alpha value is -5.26. The number of aromatic nitrogens is 1. The SMILES string of the molecule is O=C(O)C[C@H](NC(=O)Cn1c(Cc2ccccc2)ccc(NC(=O)CCc2ccccc2)c1=O)C(=O)COC(=O)c1c(Cl)cccc1Cl. The number of amides is 2. The molecule has 0 spiro atoms. The molecule has 3 N–H and O–H groups in total. The van der Waals surface area contributed by atoms with Crippen LogP contribution in [0, 0.1) is 0 Å². The van der Waals surface area contributed by atoms with Crippen molar-refractivity contribution >= 4 is 58.4 Å². The Balaban J connectivity index is 1.50. The molecule has 4 aromatic rings. The van der Waals surface area contributed by atoms with Crippen molar-refractivity contribution in [2.24, 2.45) is 0 Å². The second kappa shape index (κ2) is 17.1. The van der Waals surface area contributed by atoms with Gasteiger partial charge in [-0.15, -0.1) is 0 Å². The van der Waals surface area contributed by atoms with Gasteiger partial charge < -0.3 is 25.0 Å². The fraction of sp³-hybridized carbons (Fsp3) is 0.200. The number of carboxylic acid groups (broad SMARTS) is 1. The lowest BCUT2D eigenvalue weighted by atomic mass is 10.1. The Morgan fingerprint density at radius 1 is 0.792 bits per heavy atom. The Morgan fingerprint density at radius 3 is 2.04 bits per heavy atom. The highest BCUT2D eigenvalue weighted by Gasteiger charge is 2.27. The summed E-state index contributed by atoms with van der Waals surface area (Å²) in [7, 11) is 0. The van der Waals surface area contributed by atoms with Crippen molar-refractivity contribution in [1.82, 2.24) is 9.88 Å². The van der Waals surface area contributed by atoms with Crippen molar-refractivity contribution in [3.63, 3.8) is 0 Å². The fourth-order valence-electron chi connectivity index (χ4n) is 4.77. The number of benzene rings is 3. The zero-order valence-electron chi connectivity index (χ0n) is 25.5. The Morgan fingerprint density at radius 2 is 1.42 bits per heavy atom. The van der Waals surface area contributed by atoms with Crippen LogP contribution in [-0.4, -0.2) is 51.9 Å². The molecule has 1 heterocycles. The first-order valence-corrected chi connectivity index (χ1v) is 15.5.